The first kappa shape index (κ1) is 14.7. The van der Waals surface area contributed by atoms with E-state index in [-0.39, 0.29) is 0 Å². The van der Waals surface area contributed by atoms with Crippen LogP contribution < -0.4 is 10.1 Å². The third kappa shape index (κ3) is 5.03. The molecule has 0 saturated heterocycles. The zero-order chi connectivity index (χ0) is 13.5. The summed E-state index contributed by atoms with van der Waals surface area (Å²) in [5, 5.41) is 6.51. The molecule has 1 aromatic heterocycles. The van der Waals surface area contributed by atoms with E-state index in [4.69, 9.17) is 27.9 Å². The van der Waals surface area contributed by atoms with Crippen molar-refractivity contribution in [2.75, 3.05) is 19.7 Å². The van der Waals surface area contributed by atoms with E-state index in [1.165, 1.54) is 4.88 Å². The molecule has 0 spiro atoms. The molecule has 0 aliphatic heterocycles. The number of halogens is 2. The van der Waals surface area contributed by atoms with Gasteiger partial charge in [-0.1, -0.05) is 29.3 Å². The van der Waals surface area contributed by atoms with Crippen LogP contribution in [0, 0.1) is 0 Å². The van der Waals surface area contributed by atoms with E-state index < -0.39 is 0 Å². The summed E-state index contributed by atoms with van der Waals surface area (Å²) in [7, 11) is 0. The van der Waals surface area contributed by atoms with Gasteiger partial charge in [0, 0.05) is 24.0 Å². The summed E-state index contributed by atoms with van der Waals surface area (Å²) in [5.41, 5.74) is 0. The second-order valence-corrected chi connectivity index (χ2v) is 5.85. The average Bonchev–Trinajstić information content (AvgIpc) is 2.91. The summed E-state index contributed by atoms with van der Waals surface area (Å²) >= 11 is 13.5. The maximum atomic E-state index is 5.91. The standard InChI is InChI=1S/C14H15Cl2NOS/c15-13-4-3-11(10-14(13)16)18-8-7-17-6-5-12-2-1-9-19-12/h1-4,9-10,17H,5-8H2. The zero-order valence-electron chi connectivity index (χ0n) is 10.4. The maximum Gasteiger partial charge on any atom is 0.120 e. The molecule has 1 heterocycles. The summed E-state index contributed by atoms with van der Waals surface area (Å²) in [6, 6.07) is 9.52. The molecule has 1 aromatic carbocycles. The Morgan fingerprint density at radius 2 is 2.00 bits per heavy atom. The fraction of sp³-hybridized carbons (Fsp3) is 0.286. The van der Waals surface area contributed by atoms with Crippen LogP contribution in [0.15, 0.2) is 35.7 Å². The molecule has 5 heteroatoms. The molecule has 19 heavy (non-hydrogen) atoms. The van der Waals surface area contributed by atoms with Gasteiger partial charge < -0.3 is 10.1 Å². The van der Waals surface area contributed by atoms with Crippen LogP contribution in [0.3, 0.4) is 0 Å². The number of thiophene rings is 1. The molecule has 2 nitrogen and oxygen atoms in total. The number of ether oxygens (including phenoxy) is 1. The fourth-order valence-electron chi connectivity index (χ4n) is 1.60. The Kier molecular flexibility index (Phi) is 5.98. The third-order valence-corrected chi connectivity index (χ3v) is 4.24. The van der Waals surface area contributed by atoms with Crippen molar-refractivity contribution in [2.24, 2.45) is 0 Å². The van der Waals surface area contributed by atoms with E-state index in [2.05, 4.69) is 22.8 Å². The minimum Gasteiger partial charge on any atom is -0.492 e. The van der Waals surface area contributed by atoms with Gasteiger partial charge in [0.15, 0.2) is 0 Å². The van der Waals surface area contributed by atoms with Crippen molar-refractivity contribution >= 4 is 34.5 Å². The van der Waals surface area contributed by atoms with E-state index >= 15 is 0 Å². The van der Waals surface area contributed by atoms with Crippen molar-refractivity contribution in [1.82, 2.24) is 5.32 Å². The highest BCUT2D eigenvalue weighted by molar-refractivity contribution is 7.09. The first-order valence-corrected chi connectivity index (χ1v) is 7.70. The van der Waals surface area contributed by atoms with Gasteiger partial charge in [-0.05, 0) is 30.0 Å². The zero-order valence-corrected chi connectivity index (χ0v) is 12.7. The van der Waals surface area contributed by atoms with Crippen molar-refractivity contribution in [1.29, 1.82) is 0 Å². The predicted octanol–water partition coefficient (Wildman–Crippen LogP) is 4.27. The lowest BCUT2D eigenvalue weighted by Crippen LogP contribution is -2.23. The van der Waals surface area contributed by atoms with Crippen molar-refractivity contribution < 1.29 is 4.74 Å². The van der Waals surface area contributed by atoms with E-state index in [1.807, 2.05) is 6.07 Å². The van der Waals surface area contributed by atoms with Crippen molar-refractivity contribution in [3.63, 3.8) is 0 Å². The van der Waals surface area contributed by atoms with E-state index in [0.29, 0.717) is 16.7 Å². The smallest absolute Gasteiger partial charge is 0.120 e. The number of hydrogen-bond donors (Lipinski definition) is 1. The first-order chi connectivity index (χ1) is 9.25. The Bertz CT molecular complexity index is 502. The molecule has 2 rings (SSSR count). The average molecular weight is 316 g/mol. The molecular weight excluding hydrogens is 301 g/mol. The Morgan fingerprint density at radius 3 is 2.74 bits per heavy atom. The van der Waals surface area contributed by atoms with Crippen LogP contribution in [-0.4, -0.2) is 19.7 Å². The highest BCUT2D eigenvalue weighted by Gasteiger charge is 2.00. The van der Waals surface area contributed by atoms with Gasteiger partial charge in [-0.3, -0.25) is 0 Å². The van der Waals surface area contributed by atoms with Crippen LogP contribution in [0.5, 0.6) is 5.75 Å². The number of rotatable bonds is 7. The van der Waals surface area contributed by atoms with Gasteiger partial charge in [-0.25, -0.2) is 0 Å². The van der Waals surface area contributed by atoms with Gasteiger partial charge in [0.05, 0.1) is 10.0 Å². The second-order valence-electron chi connectivity index (χ2n) is 4.00. The van der Waals surface area contributed by atoms with Gasteiger partial charge in [0.1, 0.15) is 12.4 Å². The molecule has 0 fully saturated rings. The molecule has 0 aliphatic rings. The Hall–Kier alpha value is -0.740. The number of nitrogens with one attached hydrogen (secondary N) is 1. The third-order valence-electron chi connectivity index (χ3n) is 2.57. The molecule has 0 unspecified atom stereocenters. The van der Waals surface area contributed by atoms with E-state index in [1.54, 1.807) is 23.5 Å². The monoisotopic (exact) mass is 315 g/mol. The van der Waals surface area contributed by atoms with Crippen LogP contribution in [0.4, 0.5) is 0 Å². The van der Waals surface area contributed by atoms with E-state index in [9.17, 15) is 0 Å². The Morgan fingerprint density at radius 1 is 1.11 bits per heavy atom. The van der Waals surface area contributed by atoms with Gasteiger partial charge in [0.25, 0.3) is 0 Å². The molecule has 0 atom stereocenters. The summed E-state index contributed by atoms with van der Waals surface area (Å²) in [6.45, 7) is 2.39. The summed E-state index contributed by atoms with van der Waals surface area (Å²) in [5.74, 6) is 0.745. The molecule has 102 valence electrons. The predicted molar refractivity (Wildman–Crippen MR) is 82.8 cm³/mol. The van der Waals surface area contributed by atoms with Crippen LogP contribution >= 0.6 is 34.5 Å². The summed E-state index contributed by atoms with van der Waals surface area (Å²) < 4.78 is 5.58. The summed E-state index contributed by atoms with van der Waals surface area (Å²) in [6.07, 6.45) is 1.06. The molecular formula is C14H15Cl2NOS. The maximum absolute atomic E-state index is 5.91. The van der Waals surface area contributed by atoms with E-state index in [0.717, 1.165) is 25.3 Å². The highest BCUT2D eigenvalue weighted by Crippen LogP contribution is 2.26. The lowest BCUT2D eigenvalue weighted by Gasteiger charge is -2.08. The lowest BCUT2D eigenvalue weighted by molar-refractivity contribution is 0.314. The molecule has 2 aromatic rings. The topological polar surface area (TPSA) is 21.3 Å². The second kappa shape index (κ2) is 7.75. The van der Waals surface area contributed by atoms with Crippen LogP contribution in [0.1, 0.15) is 4.88 Å². The molecule has 0 aliphatic carbocycles. The van der Waals surface area contributed by atoms with Crippen LogP contribution in [-0.2, 0) is 6.42 Å². The van der Waals surface area contributed by atoms with Crippen molar-refractivity contribution in [3.05, 3.63) is 50.6 Å². The quantitative estimate of drug-likeness (QED) is 0.770. The minimum absolute atomic E-state index is 0.518. The SMILES string of the molecule is Clc1ccc(OCCNCCc2cccs2)cc1Cl. The molecule has 0 bridgehead atoms. The molecule has 0 radical (unpaired) electrons. The largest absolute Gasteiger partial charge is 0.492 e. The Balaban J connectivity index is 1.60. The summed E-state index contributed by atoms with van der Waals surface area (Å²) in [4.78, 5) is 1.40. The fourth-order valence-corrected chi connectivity index (χ4v) is 2.60. The van der Waals surface area contributed by atoms with Crippen molar-refractivity contribution in [2.45, 2.75) is 6.42 Å². The highest BCUT2D eigenvalue weighted by atomic mass is 35.5. The molecule has 1 N–H and O–H groups in total. The minimum atomic E-state index is 0.518. The molecule has 0 saturated carbocycles. The van der Waals surface area contributed by atoms with Gasteiger partial charge >= 0.3 is 0 Å². The Labute approximate surface area is 127 Å². The number of hydrogen-bond acceptors (Lipinski definition) is 3. The normalized spacial score (nSPS) is 10.6. The van der Waals surface area contributed by atoms with Crippen LogP contribution in [0.25, 0.3) is 0 Å². The number of benzene rings is 1. The van der Waals surface area contributed by atoms with Gasteiger partial charge in [-0.2, -0.15) is 0 Å². The first-order valence-electron chi connectivity index (χ1n) is 6.06. The molecule has 0 amide bonds. The van der Waals surface area contributed by atoms with Crippen molar-refractivity contribution in [3.8, 4) is 5.75 Å². The van der Waals surface area contributed by atoms with Gasteiger partial charge in [0.2, 0.25) is 0 Å². The van der Waals surface area contributed by atoms with Gasteiger partial charge in [-0.15, -0.1) is 11.3 Å². The van der Waals surface area contributed by atoms with Crippen LogP contribution in [0.2, 0.25) is 10.0 Å². The lowest BCUT2D eigenvalue weighted by atomic mass is 10.3.